The first kappa shape index (κ1) is 16.7. The van der Waals surface area contributed by atoms with Crippen molar-refractivity contribution >= 4 is 17.6 Å². The van der Waals surface area contributed by atoms with Gasteiger partial charge in [-0.1, -0.05) is 0 Å². The summed E-state index contributed by atoms with van der Waals surface area (Å²) in [5.74, 6) is -0.0978. The standard InChI is InChI=1S/C17H20N2O4/c1-17(2,3)23-15(21)9-8-14(20)19-13-6-4-12(5-7-13)16-18-10-11-22-16/h4-7,10-11H,8-9H2,1-3H3,(H,19,20). The van der Waals surface area contributed by atoms with Gasteiger partial charge in [0.15, 0.2) is 0 Å². The highest BCUT2D eigenvalue weighted by molar-refractivity contribution is 5.92. The zero-order valence-electron chi connectivity index (χ0n) is 13.5. The summed E-state index contributed by atoms with van der Waals surface area (Å²) in [6, 6.07) is 7.11. The Morgan fingerprint density at radius 2 is 1.87 bits per heavy atom. The predicted molar refractivity (Wildman–Crippen MR) is 85.6 cm³/mol. The topological polar surface area (TPSA) is 81.4 Å². The van der Waals surface area contributed by atoms with Crippen LogP contribution in [0.5, 0.6) is 0 Å². The van der Waals surface area contributed by atoms with E-state index in [0.717, 1.165) is 5.56 Å². The lowest BCUT2D eigenvalue weighted by Gasteiger charge is -2.19. The maximum atomic E-state index is 11.8. The van der Waals surface area contributed by atoms with Crippen LogP contribution in [0.3, 0.4) is 0 Å². The van der Waals surface area contributed by atoms with Gasteiger partial charge in [0.05, 0.1) is 12.6 Å². The molecule has 1 heterocycles. The van der Waals surface area contributed by atoms with Gasteiger partial charge < -0.3 is 14.5 Å². The van der Waals surface area contributed by atoms with Crippen LogP contribution < -0.4 is 5.32 Å². The molecule has 2 rings (SSSR count). The molecule has 0 unspecified atom stereocenters. The molecule has 23 heavy (non-hydrogen) atoms. The second-order valence-corrected chi connectivity index (χ2v) is 6.05. The molecule has 0 saturated heterocycles. The molecule has 0 aliphatic carbocycles. The number of ether oxygens (including phenoxy) is 1. The highest BCUT2D eigenvalue weighted by atomic mass is 16.6. The summed E-state index contributed by atoms with van der Waals surface area (Å²) in [6.45, 7) is 5.38. The van der Waals surface area contributed by atoms with E-state index >= 15 is 0 Å². The van der Waals surface area contributed by atoms with Gasteiger partial charge in [0, 0.05) is 17.7 Å². The van der Waals surface area contributed by atoms with Gasteiger partial charge in [-0.25, -0.2) is 4.98 Å². The number of benzene rings is 1. The minimum absolute atomic E-state index is 0.0531. The van der Waals surface area contributed by atoms with E-state index in [1.807, 2.05) is 0 Å². The fraction of sp³-hybridized carbons (Fsp3) is 0.353. The normalized spacial score (nSPS) is 11.1. The van der Waals surface area contributed by atoms with Gasteiger partial charge in [-0.2, -0.15) is 0 Å². The second-order valence-electron chi connectivity index (χ2n) is 6.05. The maximum Gasteiger partial charge on any atom is 0.306 e. The summed E-state index contributed by atoms with van der Waals surface area (Å²) in [6.07, 6.45) is 3.21. The highest BCUT2D eigenvalue weighted by Gasteiger charge is 2.17. The quantitative estimate of drug-likeness (QED) is 0.855. The zero-order valence-corrected chi connectivity index (χ0v) is 13.5. The van der Waals surface area contributed by atoms with Crippen molar-refractivity contribution in [1.29, 1.82) is 0 Å². The molecule has 6 nitrogen and oxygen atoms in total. The van der Waals surface area contributed by atoms with Crippen molar-refractivity contribution in [2.24, 2.45) is 0 Å². The van der Waals surface area contributed by atoms with Gasteiger partial charge >= 0.3 is 5.97 Å². The molecule has 1 amide bonds. The number of carbonyl (C=O) groups excluding carboxylic acids is 2. The minimum Gasteiger partial charge on any atom is -0.460 e. The van der Waals surface area contributed by atoms with E-state index in [4.69, 9.17) is 9.15 Å². The first-order chi connectivity index (χ1) is 10.8. The maximum absolute atomic E-state index is 11.8. The lowest BCUT2D eigenvalue weighted by atomic mass is 10.2. The summed E-state index contributed by atoms with van der Waals surface area (Å²) < 4.78 is 10.4. The average Bonchev–Trinajstić information content (AvgIpc) is 2.98. The molecule has 1 aromatic heterocycles. The van der Waals surface area contributed by atoms with Crippen LogP contribution >= 0.6 is 0 Å². The van der Waals surface area contributed by atoms with Gasteiger partial charge in [-0.3, -0.25) is 9.59 Å². The van der Waals surface area contributed by atoms with Gasteiger partial charge in [0.25, 0.3) is 0 Å². The lowest BCUT2D eigenvalue weighted by Crippen LogP contribution is -2.24. The molecular weight excluding hydrogens is 296 g/mol. The van der Waals surface area contributed by atoms with Crippen molar-refractivity contribution in [1.82, 2.24) is 4.98 Å². The van der Waals surface area contributed by atoms with Crippen LogP contribution in [0.15, 0.2) is 41.1 Å². The number of hydrogen-bond acceptors (Lipinski definition) is 5. The van der Waals surface area contributed by atoms with Crippen molar-refractivity contribution in [3.05, 3.63) is 36.7 Å². The third kappa shape index (κ3) is 5.58. The number of nitrogens with zero attached hydrogens (tertiary/aromatic N) is 1. The fourth-order valence-corrected chi connectivity index (χ4v) is 1.89. The SMILES string of the molecule is CC(C)(C)OC(=O)CCC(=O)Nc1ccc(-c2ncco2)cc1. The van der Waals surface area contributed by atoms with E-state index in [9.17, 15) is 9.59 Å². The largest absolute Gasteiger partial charge is 0.460 e. The van der Waals surface area contributed by atoms with Gasteiger partial charge in [-0.05, 0) is 45.0 Å². The van der Waals surface area contributed by atoms with Gasteiger partial charge in [0.2, 0.25) is 11.8 Å². The Hall–Kier alpha value is -2.63. The summed E-state index contributed by atoms with van der Waals surface area (Å²) >= 11 is 0. The van der Waals surface area contributed by atoms with Crippen molar-refractivity contribution in [3.63, 3.8) is 0 Å². The summed E-state index contributed by atoms with van der Waals surface area (Å²) in [5, 5.41) is 2.73. The van der Waals surface area contributed by atoms with Crippen LogP contribution in [0, 0.1) is 0 Å². The van der Waals surface area contributed by atoms with E-state index in [1.165, 1.54) is 6.26 Å². The first-order valence-electron chi connectivity index (χ1n) is 7.35. The number of oxazole rings is 1. The Morgan fingerprint density at radius 1 is 1.17 bits per heavy atom. The first-order valence-corrected chi connectivity index (χ1v) is 7.35. The molecular formula is C17H20N2O4. The monoisotopic (exact) mass is 316 g/mol. The molecule has 122 valence electrons. The molecule has 0 aliphatic rings. The molecule has 0 bridgehead atoms. The predicted octanol–water partition coefficient (Wildman–Crippen LogP) is 3.40. The minimum atomic E-state index is -0.538. The molecule has 6 heteroatoms. The second kappa shape index (κ2) is 7.09. The Morgan fingerprint density at radius 3 is 2.43 bits per heavy atom. The van der Waals surface area contributed by atoms with Crippen molar-refractivity contribution in [2.45, 2.75) is 39.2 Å². The number of carbonyl (C=O) groups is 2. The van der Waals surface area contributed by atoms with E-state index in [2.05, 4.69) is 10.3 Å². The molecule has 0 aliphatic heterocycles. The Kier molecular flexibility index (Phi) is 5.16. The third-order valence-electron chi connectivity index (χ3n) is 2.82. The molecule has 0 saturated carbocycles. The number of esters is 1. The van der Waals surface area contributed by atoms with Gasteiger partial charge in [-0.15, -0.1) is 0 Å². The van der Waals surface area contributed by atoms with Crippen LogP contribution in [0.1, 0.15) is 33.6 Å². The summed E-state index contributed by atoms with van der Waals surface area (Å²) in [7, 11) is 0. The molecule has 0 fully saturated rings. The van der Waals surface area contributed by atoms with Crippen LogP contribution in [0.25, 0.3) is 11.5 Å². The molecule has 0 spiro atoms. The van der Waals surface area contributed by atoms with Crippen LogP contribution in [-0.2, 0) is 14.3 Å². The molecule has 0 atom stereocenters. The fourth-order valence-electron chi connectivity index (χ4n) is 1.89. The zero-order chi connectivity index (χ0) is 16.9. The number of rotatable bonds is 5. The van der Waals surface area contributed by atoms with Crippen LogP contribution in [0.4, 0.5) is 5.69 Å². The summed E-state index contributed by atoms with van der Waals surface area (Å²) in [4.78, 5) is 27.5. The van der Waals surface area contributed by atoms with Gasteiger partial charge in [0.1, 0.15) is 11.9 Å². The Labute approximate surface area is 134 Å². The number of aromatic nitrogens is 1. The number of amides is 1. The molecule has 1 aromatic carbocycles. The third-order valence-corrected chi connectivity index (χ3v) is 2.82. The number of anilines is 1. The van der Waals surface area contributed by atoms with E-state index in [1.54, 1.807) is 51.2 Å². The highest BCUT2D eigenvalue weighted by Crippen LogP contribution is 2.19. The molecule has 0 radical (unpaired) electrons. The van der Waals surface area contributed by atoms with E-state index < -0.39 is 5.60 Å². The van der Waals surface area contributed by atoms with Crippen molar-refractivity contribution in [3.8, 4) is 11.5 Å². The lowest BCUT2D eigenvalue weighted by molar-refractivity contribution is -0.155. The van der Waals surface area contributed by atoms with E-state index in [0.29, 0.717) is 11.6 Å². The van der Waals surface area contributed by atoms with Crippen LogP contribution in [-0.4, -0.2) is 22.5 Å². The Bertz CT molecular complexity index is 655. The number of nitrogens with one attached hydrogen (secondary N) is 1. The number of hydrogen-bond donors (Lipinski definition) is 1. The Balaban J connectivity index is 1.82. The molecule has 2 aromatic rings. The molecule has 1 N–H and O–H groups in total. The van der Waals surface area contributed by atoms with Crippen molar-refractivity contribution < 1.29 is 18.7 Å². The van der Waals surface area contributed by atoms with Crippen molar-refractivity contribution in [2.75, 3.05) is 5.32 Å². The summed E-state index contributed by atoms with van der Waals surface area (Å²) in [5.41, 5.74) is 0.930. The van der Waals surface area contributed by atoms with E-state index in [-0.39, 0.29) is 24.7 Å². The average molecular weight is 316 g/mol. The smallest absolute Gasteiger partial charge is 0.306 e. The van der Waals surface area contributed by atoms with Crippen LogP contribution in [0.2, 0.25) is 0 Å².